The summed E-state index contributed by atoms with van der Waals surface area (Å²) >= 11 is 0. The van der Waals surface area contributed by atoms with Gasteiger partial charge in [0.2, 0.25) is 10.0 Å². The molecule has 0 spiro atoms. The van der Waals surface area contributed by atoms with E-state index in [1.807, 2.05) is 18.2 Å². The van der Waals surface area contributed by atoms with Crippen LogP contribution < -0.4 is 4.72 Å². The van der Waals surface area contributed by atoms with Crippen LogP contribution in [0.5, 0.6) is 0 Å². The molecule has 15 heavy (non-hydrogen) atoms. The topological polar surface area (TPSA) is 46.2 Å². The zero-order chi connectivity index (χ0) is 10.9. The molecule has 1 aliphatic rings. The van der Waals surface area contributed by atoms with E-state index in [0.717, 1.165) is 18.4 Å². The number of aryl methyl sites for hydroxylation is 1. The van der Waals surface area contributed by atoms with E-state index in [-0.39, 0.29) is 11.8 Å². The first-order chi connectivity index (χ1) is 7.12. The molecule has 0 aliphatic heterocycles. The normalized spacial score (nSPS) is 20.2. The van der Waals surface area contributed by atoms with Crippen molar-refractivity contribution >= 4 is 10.0 Å². The predicted molar refractivity (Wildman–Crippen MR) is 60.1 cm³/mol. The molecule has 0 heterocycles. The third kappa shape index (κ3) is 2.21. The molecule has 0 saturated heterocycles. The van der Waals surface area contributed by atoms with Crippen molar-refractivity contribution in [3.05, 3.63) is 35.4 Å². The van der Waals surface area contributed by atoms with Gasteiger partial charge in [-0.25, -0.2) is 13.1 Å². The lowest BCUT2D eigenvalue weighted by Gasteiger charge is -2.13. The first kappa shape index (κ1) is 10.6. The van der Waals surface area contributed by atoms with E-state index in [4.69, 9.17) is 0 Å². The van der Waals surface area contributed by atoms with Crippen LogP contribution in [0.15, 0.2) is 24.3 Å². The highest BCUT2D eigenvalue weighted by Gasteiger charge is 2.24. The van der Waals surface area contributed by atoms with Gasteiger partial charge in [-0.15, -0.1) is 0 Å². The molecule has 1 aromatic carbocycles. The summed E-state index contributed by atoms with van der Waals surface area (Å²) in [6.07, 6.45) is 1.84. The average Bonchev–Trinajstić information content (AvgIpc) is 2.62. The maximum Gasteiger partial charge on any atom is 0.211 e. The summed E-state index contributed by atoms with van der Waals surface area (Å²) < 4.78 is 25.6. The highest BCUT2D eigenvalue weighted by atomic mass is 32.2. The van der Waals surface area contributed by atoms with E-state index in [1.165, 1.54) is 5.56 Å². The summed E-state index contributed by atoms with van der Waals surface area (Å²) in [4.78, 5) is 0. The zero-order valence-corrected chi connectivity index (χ0v) is 9.55. The van der Waals surface area contributed by atoms with E-state index < -0.39 is 10.0 Å². The molecule has 82 valence electrons. The van der Waals surface area contributed by atoms with Gasteiger partial charge in [-0.1, -0.05) is 24.3 Å². The molecule has 1 N–H and O–H groups in total. The van der Waals surface area contributed by atoms with Gasteiger partial charge in [0.25, 0.3) is 0 Å². The summed E-state index contributed by atoms with van der Waals surface area (Å²) in [6, 6.07) is 8.00. The summed E-state index contributed by atoms with van der Waals surface area (Å²) in [5.41, 5.74) is 2.40. The van der Waals surface area contributed by atoms with Crippen molar-refractivity contribution in [2.24, 2.45) is 0 Å². The quantitative estimate of drug-likeness (QED) is 0.849. The summed E-state index contributed by atoms with van der Waals surface area (Å²) in [7, 11) is -3.10. The lowest BCUT2D eigenvalue weighted by Crippen LogP contribution is -2.28. The molecule has 1 aromatic rings. The van der Waals surface area contributed by atoms with E-state index in [0.29, 0.717) is 0 Å². The van der Waals surface area contributed by atoms with Crippen molar-refractivity contribution in [1.29, 1.82) is 0 Å². The van der Waals surface area contributed by atoms with Crippen molar-refractivity contribution in [2.45, 2.75) is 25.8 Å². The molecule has 0 aromatic heterocycles. The zero-order valence-electron chi connectivity index (χ0n) is 8.73. The molecule has 1 atom stereocenters. The molecule has 0 radical (unpaired) electrons. The Hall–Kier alpha value is -0.870. The van der Waals surface area contributed by atoms with Gasteiger partial charge in [-0.05, 0) is 30.9 Å². The third-order valence-corrected chi connectivity index (χ3v) is 4.24. The van der Waals surface area contributed by atoms with Crippen LogP contribution in [0, 0.1) is 0 Å². The lowest BCUT2D eigenvalue weighted by molar-refractivity contribution is 0.555. The molecule has 1 aliphatic carbocycles. The SMILES string of the molecule is CCS(=O)(=O)NC1CCc2ccccc21. The van der Waals surface area contributed by atoms with Crippen LogP contribution >= 0.6 is 0 Å². The Morgan fingerprint density at radius 3 is 2.87 bits per heavy atom. The fourth-order valence-electron chi connectivity index (χ4n) is 1.98. The number of rotatable bonds is 3. The van der Waals surface area contributed by atoms with Crippen molar-refractivity contribution < 1.29 is 8.42 Å². The molecule has 0 fully saturated rings. The average molecular weight is 225 g/mol. The van der Waals surface area contributed by atoms with Gasteiger partial charge in [0.05, 0.1) is 5.75 Å². The van der Waals surface area contributed by atoms with E-state index in [1.54, 1.807) is 6.92 Å². The second kappa shape index (κ2) is 3.94. The number of sulfonamides is 1. The second-order valence-electron chi connectivity index (χ2n) is 3.81. The van der Waals surface area contributed by atoms with Crippen LogP contribution in [0.4, 0.5) is 0 Å². The minimum absolute atomic E-state index is 0.0221. The van der Waals surface area contributed by atoms with Crippen LogP contribution in [0.2, 0.25) is 0 Å². The third-order valence-electron chi connectivity index (χ3n) is 2.83. The Labute approximate surface area is 90.6 Å². The van der Waals surface area contributed by atoms with Gasteiger partial charge < -0.3 is 0 Å². The van der Waals surface area contributed by atoms with Crippen LogP contribution in [0.1, 0.15) is 30.5 Å². The van der Waals surface area contributed by atoms with Gasteiger partial charge in [0.1, 0.15) is 0 Å². The number of nitrogens with one attached hydrogen (secondary N) is 1. The van der Waals surface area contributed by atoms with Crippen molar-refractivity contribution in [3.63, 3.8) is 0 Å². The highest BCUT2D eigenvalue weighted by molar-refractivity contribution is 7.89. The first-order valence-electron chi connectivity index (χ1n) is 5.20. The van der Waals surface area contributed by atoms with Gasteiger partial charge >= 0.3 is 0 Å². The number of hydrogen-bond acceptors (Lipinski definition) is 2. The highest BCUT2D eigenvalue weighted by Crippen LogP contribution is 2.31. The number of hydrogen-bond donors (Lipinski definition) is 1. The van der Waals surface area contributed by atoms with Crippen LogP contribution in [0.25, 0.3) is 0 Å². The molecule has 3 nitrogen and oxygen atoms in total. The first-order valence-corrected chi connectivity index (χ1v) is 6.85. The number of fused-ring (bicyclic) bond motifs is 1. The smallest absolute Gasteiger partial charge is 0.211 e. The van der Waals surface area contributed by atoms with Crippen LogP contribution in [-0.4, -0.2) is 14.2 Å². The maximum absolute atomic E-state index is 11.5. The van der Waals surface area contributed by atoms with E-state index >= 15 is 0 Å². The van der Waals surface area contributed by atoms with Crippen LogP contribution in [-0.2, 0) is 16.4 Å². The molecule has 2 rings (SSSR count). The fourth-order valence-corrected chi connectivity index (χ4v) is 2.82. The van der Waals surface area contributed by atoms with Crippen molar-refractivity contribution in [2.75, 3.05) is 5.75 Å². The Morgan fingerprint density at radius 1 is 1.40 bits per heavy atom. The molecule has 4 heteroatoms. The van der Waals surface area contributed by atoms with Crippen molar-refractivity contribution in [1.82, 2.24) is 4.72 Å². The minimum Gasteiger partial charge on any atom is -0.212 e. The van der Waals surface area contributed by atoms with Gasteiger partial charge in [0, 0.05) is 6.04 Å². The summed E-state index contributed by atoms with van der Waals surface area (Å²) in [6.45, 7) is 1.66. The predicted octanol–water partition coefficient (Wildman–Crippen LogP) is 1.61. The standard InChI is InChI=1S/C11H15NO2S/c1-2-15(13,14)12-11-8-7-9-5-3-4-6-10(9)11/h3-6,11-12H,2,7-8H2,1H3. The molecule has 0 saturated carbocycles. The Balaban J connectivity index is 2.22. The van der Waals surface area contributed by atoms with Gasteiger partial charge in [-0.3, -0.25) is 0 Å². The maximum atomic E-state index is 11.5. The fraction of sp³-hybridized carbons (Fsp3) is 0.455. The Kier molecular flexibility index (Phi) is 2.80. The van der Waals surface area contributed by atoms with Gasteiger partial charge in [0.15, 0.2) is 0 Å². The molecule has 0 amide bonds. The molecular weight excluding hydrogens is 210 g/mol. The summed E-state index contributed by atoms with van der Waals surface area (Å²) in [5, 5.41) is 0. The number of benzene rings is 1. The second-order valence-corrected chi connectivity index (χ2v) is 5.85. The minimum atomic E-state index is -3.10. The largest absolute Gasteiger partial charge is 0.212 e. The molecular formula is C11H15NO2S. The lowest BCUT2D eigenvalue weighted by atomic mass is 10.1. The summed E-state index contributed by atoms with van der Waals surface area (Å²) in [5.74, 6) is 0.145. The Morgan fingerprint density at radius 2 is 2.13 bits per heavy atom. The monoisotopic (exact) mass is 225 g/mol. The molecule has 1 unspecified atom stereocenters. The molecule has 0 bridgehead atoms. The van der Waals surface area contributed by atoms with Gasteiger partial charge in [-0.2, -0.15) is 0 Å². The van der Waals surface area contributed by atoms with Crippen LogP contribution in [0.3, 0.4) is 0 Å². The Bertz CT molecular complexity index is 453. The van der Waals surface area contributed by atoms with E-state index in [2.05, 4.69) is 10.8 Å². The van der Waals surface area contributed by atoms with E-state index in [9.17, 15) is 8.42 Å². The van der Waals surface area contributed by atoms with Crippen molar-refractivity contribution in [3.8, 4) is 0 Å².